The summed E-state index contributed by atoms with van der Waals surface area (Å²) in [7, 11) is 0. The van der Waals surface area contributed by atoms with E-state index >= 15 is 0 Å². The third-order valence-corrected chi connectivity index (χ3v) is 4.08. The molecule has 1 aromatic rings. The summed E-state index contributed by atoms with van der Waals surface area (Å²) >= 11 is 6.47. The topological polar surface area (TPSA) is 0 Å². The predicted molar refractivity (Wildman–Crippen MR) is 66.8 cm³/mol. The molecule has 0 unspecified atom stereocenters. The van der Waals surface area contributed by atoms with Gasteiger partial charge < -0.3 is 0 Å². The molecular formula is C14H19Cl. The van der Waals surface area contributed by atoms with Gasteiger partial charge >= 0.3 is 0 Å². The Balaban J connectivity index is 2.50. The SMILES string of the molecule is Cc1cc2c(Cl)c(c1C)CCCCCC2. The molecule has 0 amide bonds. The molecule has 0 atom stereocenters. The van der Waals surface area contributed by atoms with Crippen LogP contribution in [0.4, 0.5) is 0 Å². The van der Waals surface area contributed by atoms with Crippen LogP contribution in [-0.4, -0.2) is 0 Å². The fraction of sp³-hybridized carbons (Fsp3) is 0.571. The Bertz CT molecular complexity index is 366. The van der Waals surface area contributed by atoms with E-state index in [0.717, 1.165) is 11.4 Å². The highest BCUT2D eigenvalue weighted by Gasteiger charge is 2.13. The first-order chi connectivity index (χ1) is 7.20. The standard InChI is InChI=1S/C14H19Cl/c1-10-9-12-7-5-3-4-6-8-13(11(10)2)14(12)15/h9H,3-8H2,1-2H3. The van der Waals surface area contributed by atoms with Crippen LogP contribution in [0.2, 0.25) is 5.02 Å². The van der Waals surface area contributed by atoms with Crippen molar-refractivity contribution in [2.75, 3.05) is 0 Å². The van der Waals surface area contributed by atoms with Gasteiger partial charge in [-0.05, 0) is 61.8 Å². The lowest BCUT2D eigenvalue weighted by atomic mass is 9.95. The quantitative estimate of drug-likeness (QED) is 0.601. The van der Waals surface area contributed by atoms with Gasteiger partial charge in [0.1, 0.15) is 0 Å². The van der Waals surface area contributed by atoms with Crippen LogP contribution in [0.15, 0.2) is 6.07 Å². The number of hydrogen-bond acceptors (Lipinski definition) is 0. The van der Waals surface area contributed by atoms with Crippen molar-refractivity contribution in [3.05, 3.63) is 33.3 Å². The third kappa shape index (κ3) is 2.20. The molecule has 0 saturated carbocycles. The van der Waals surface area contributed by atoms with E-state index in [1.807, 2.05) is 0 Å². The molecule has 0 radical (unpaired) electrons. The largest absolute Gasteiger partial charge is 0.0837 e. The van der Waals surface area contributed by atoms with Crippen molar-refractivity contribution in [2.45, 2.75) is 52.4 Å². The van der Waals surface area contributed by atoms with Gasteiger partial charge in [0.25, 0.3) is 0 Å². The molecule has 1 aliphatic rings. The van der Waals surface area contributed by atoms with Crippen molar-refractivity contribution in [3.63, 3.8) is 0 Å². The summed E-state index contributed by atoms with van der Waals surface area (Å²) in [4.78, 5) is 0. The van der Waals surface area contributed by atoms with Crippen molar-refractivity contribution in [3.8, 4) is 0 Å². The summed E-state index contributed by atoms with van der Waals surface area (Å²) < 4.78 is 0. The summed E-state index contributed by atoms with van der Waals surface area (Å²) in [5, 5.41) is 1.06. The van der Waals surface area contributed by atoms with Crippen molar-refractivity contribution in [1.82, 2.24) is 0 Å². The molecule has 0 fully saturated rings. The lowest BCUT2D eigenvalue weighted by molar-refractivity contribution is 0.648. The molecule has 2 rings (SSSR count). The third-order valence-electron chi connectivity index (χ3n) is 3.60. The summed E-state index contributed by atoms with van der Waals surface area (Å²) in [6.07, 6.45) is 7.62. The first-order valence-corrected chi connectivity index (χ1v) is 6.35. The van der Waals surface area contributed by atoms with Crippen LogP contribution in [0.3, 0.4) is 0 Å². The van der Waals surface area contributed by atoms with Gasteiger partial charge in [-0.3, -0.25) is 0 Å². The molecule has 15 heavy (non-hydrogen) atoms. The normalized spacial score (nSPS) is 16.7. The van der Waals surface area contributed by atoms with Crippen LogP contribution >= 0.6 is 11.6 Å². The Hall–Kier alpha value is -0.490. The van der Waals surface area contributed by atoms with E-state index in [1.165, 1.54) is 54.4 Å². The summed E-state index contributed by atoms with van der Waals surface area (Å²) in [5.74, 6) is 0. The van der Waals surface area contributed by atoms with Crippen LogP contribution in [0.25, 0.3) is 0 Å². The molecule has 2 bridgehead atoms. The maximum atomic E-state index is 6.47. The Kier molecular flexibility index (Phi) is 3.35. The lowest BCUT2D eigenvalue weighted by Crippen LogP contribution is -1.97. The molecule has 0 heterocycles. The highest BCUT2D eigenvalue weighted by atomic mass is 35.5. The van der Waals surface area contributed by atoms with Gasteiger partial charge in [-0.1, -0.05) is 30.5 Å². The van der Waals surface area contributed by atoms with E-state index in [2.05, 4.69) is 19.9 Å². The molecule has 0 spiro atoms. The Morgan fingerprint density at radius 2 is 1.67 bits per heavy atom. The van der Waals surface area contributed by atoms with Gasteiger partial charge in [-0.25, -0.2) is 0 Å². The molecule has 0 nitrogen and oxygen atoms in total. The van der Waals surface area contributed by atoms with Crippen molar-refractivity contribution in [1.29, 1.82) is 0 Å². The van der Waals surface area contributed by atoms with Crippen LogP contribution in [0.1, 0.15) is 47.9 Å². The van der Waals surface area contributed by atoms with Gasteiger partial charge in [0.05, 0.1) is 0 Å². The number of fused-ring (bicyclic) bond motifs is 2. The highest BCUT2D eigenvalue weighted by molar-refractivity contribution is 6.32. The smallest absolute Gasteiger partial charge is 0.0472 e. The Morgan fingerprint density at radius 1 is 1.00 bits per heavy atom. The molecular weight excluding hydrogens is 204 g/mol. The number of halogens is 1. The van der Waals surface area contributed by atoms with Crippen LogP contribution < -0.4 is 0 Å². The molecule has 82 valence electrons. The van der Waals surface area contributed by atoms with Crippen molar-refractivity contribution < 1.29 is 0 Å². The van der Waals surface area contributed by atoms with E-state index in [9.17, 15) is 0 Å². The van der Waals surface area contributed by atoms with Gasteiger partial charge in [0.15, 0.2) is 0 Å². The summed E-state index contributed by atoms with van der Waals surface area (Å²) in [6.45, 7) is 4.41. The zero-order chi connectivity index (χ0) is 10.8. The predicted octanol–water partition coefficient (Wildman–Crippen LogP) is 4.62. The van der Waals surface area contributed by atoms with Gasteiger partial charge in [0, 0.05) is 5.02 Å². The monoisotopic (exact) mass is 222 g/mol. The average molecular weight is 223 g/mol. The average Bonchev–Trinajstić information content (AvgIpc) is 2.27. The van der Waals surface area contributed by atoms with E-state index in [-0.39, 0.29) is 0 Å². The molecule has 0 saturated heterocycles. The second kappa shape index (κ2) is 4.57. The molecule has 1 aliphatic carbocycles. The second-order valence-electron chi connectivity index (χ2n) is 4.68. The zero-order valence-electron chi connectivity index (χ0n) is 9.70. The summed E-state index contributed by atoms with van der Waals surface area (Å²) in [6, 6.07) is 2.28. The number of aryl methyl sites for hydroxylation is 2. The van der Waals surface area contributed by atoms with Gasteiger partial charge in [0.2, 0.25) is 0 Å². The molecule has 0 N–H and O–H groups in total. The van der Waals surface area contributed by atoms with Crippen LogP contribution in [0, 0.1) is 13.8 Å². The van der Waals surface area contributed by atoms with E-state index in [1.54, 1.807) is 0 Å². The van der Waals surface area contributed by atoms with Gasteiger partial charge in [-0.2, -0.15) is 0 Å². The molecule has 0 aromatic heterocycles. The maximum Gasteiger partial charge on any atom is 0.0472 e. The van der Waals surface area contributed by atoms with Gasteiger partial charge in [-0.15, -0.1) is 0 Å². The number of benzene rings is 1. The number of hydrogen-bond donors (Lipinski definition) is 0. The highest BCUT2D eigenvalue weighted by Crippen LogP contribution is 2.31. The van der Waals surface area contributed by atoms with Crippen LogP contribution in [-0.2, 0) is 12.8 Å². The maximum absolute atomic E-state index is 6.47. The second-order valence-corrected chi connectivity index (χ2v) is 5.06. The van der Waals surface area contributed by atoms with Crippen molar-refractivity contribution in [2.24, 2.45) is 0 Å². The van der Waals surface area contributed by atoms with Crippen LogP contribution in [0.5, 0.6) is 0 Å². The zero-order valence-corrected chi connectivity index (χ0v) is 10.5. The van der Waals surface area contributed by atoms with E-state index in [4.69, 9.17) is 11.6 Å². The van der Waals surface area contributed by atoms with Crippen molar-refractivity contribution >= 4 is 11.6 Å². The first kappa shape index (κ1) is 11.0. The minimum atomic E-state index is 1.06. The molecule has 1 aromatic carbocycles. The first-order valence-electron chi connectivity index (χ1n) is 5.97. The Labute approximate surface area is 97.6 Å². The minimum absolute atomic E-state index is 1.06. The lowest BCUT2D eigenvalue weighted by Gasteiger charge is -2.14. The van der Waals surface area contributed by atoms with E-state index in [0.29, 0.717) is 0 Å². The Morgan fingerprint density at radius 3 is 2.40 bits per heavy atom. The van der Waals surface area contributed by atoms with E-state index < -0.39 is 0 Å². The minimum Gasteiger partial charge on any atom is -0.0837 e. The molecule has 1 heteroatoms. The summed E-state index contributed by atoms with van der Waals surface area (Å²) in [5.41, 5.74) is 5.60. The molecule has 0 aliphatic heterocycles. The fourth-order valence-corrected chi connectivity index (χ4v) is 2.86. The number of rotatable bonds is 0. The fourth-order valence-electron chi connectivity index (χ4n) is 2.48.